The summed E-state index contributed by atoms with van der Waals surface area (Å²) in [5, 5.41) is 0. The minimum atomic E-state index is -0.305. The van der Waals surface area contributed by atoms with Gasteiger partial charge in [-0.15, -0.1) is 0 Å². The van der Waals surface area contributed by atoms with Crippen molar-refractivity contribution in [2.24, 2.45) is 0 Å². The second-order valence-corrected chi connectivity index (χ2v) is 4.96. The quantitative estimate of drug-likeness (QED) is 0.745. The van der Waals surface area contributed by atoms with Crippen LogP contribution in [0.4, 0.5) is 0 Å². The van der Waals surface area contributed by atoms with Crippen molar-refractivity contribution in [1.82, 2.24) is 0 Å². The van der Waals surface area contributed by atoms with Gasteiger partial charge in [0.1, 0.15) is 5.60 Å². The minimum absolute atomic E-state index is 0.305. The average Bonchev–Trinajstić information content (AvgIpc) is 2.50. The molecule has 1 heterocycles. The third kappa shape index (κ3) is 2.61. The van der Waals surface area contributed by atoms with Crippen molar-refractivity contribution < 1.29 is 4.74 Å². The Morgan fingerprint density at radius 1 is 0.895 bits per heavy atom. The van der Waals surface area contributed by atoms with E-state index in [9.17, 15) is 0 Å². The first-order valence-corrected chi connectivity index (χ1v) is 6.80. The molecule has 0 fully saturated rings. The largest absolute Gasteiger partial charge is 0.366 e. The number of hydrogen-bond acceptors (Lipinski definition) is 1. The maximum absolute atomic E-state index is 6.17. The van der Waals surface area contributed by atoms with Crippen molar-refractivity contribution in [3.05, 3.63) is 83.9 Å². The summed E-state index contributed by atoms with van der Waals surface area (Å²) in [6, 6.07) is 21.1. The first kappa shape index (κ1) is 12.2. The third-order valence-electron chi connectivity index (χ3n) is 3.60. The monoisotopic (exact) mass is 250 g/mol. The Morgan fingerprint density at radius 2 is 1.58 bits per heavy atom. The lowest BCUT2D eigenvalue weighted by Gasteiger charge is -2.34. The predicted molar refractivity (Wildman–Crippen MR) is 78.0 cm³/mol. The van der Waals surface area contributed by atoms with Crippen LogP contribution in [0.1, 0.15) is 17.5 Å². The zero-order valence-corrected chi connectivity index (χ0v) is 11.0. The molecule has 96 valence electrons. The van der Waals surface area contributed by atoms with Gasteiger partial charge in [-0.25, -0.2) is 0 Å². The van der Waals surface area contributed by atoms with Gasteiger partial charge in [0.15, 0.2) is 0 Å². The molecule has 0 spiro atoms. The first-order valence-electron chi connectivity index (χ1n) is 6.80. The van der Waals surface area contributed by atoms with Crippen molar-refractivity contribution in [2.75, 3.05) is 6.61 Å². The Hall–Kier alpha value is -1.86. The van der Waals surface area contributed by atoms with Crippen molar-refractivity contribution >= 4 is 0 Å². The fourth-order valence-corrected chi connectivity index (χ4v) is 2.64. The molecule has 0 N–H and O–H groups in total. The molecule has 0 amide bonds. The standard InChI is InChI=1S/C18H18O/c1-3-9-16(10-4-1)15-18(13-7-8-14-19-18)17-11-5-2-6-12-17/h1-7,9-13H,8,14-15H2. The summed E-state index contributed by atoms with van der Waals surface area (Å²) in [6.07, 6.45) is 6.34. The second-order valence-electron chi connectivity index (χ2n) is 4.96. The summed E-state index contributed by atoms with van der Waals surface area (Å²) < 4.78 is 6.17. The Kier molecular flexibility index (Phi) is 3.47. The van der Waals surface area contributed by atoms with Gasteiger partial charge in [0, 0.05) is 6.42 Å². The molecule has 19 heavy (non-hydrogen) atoms. The smallest absolute Gasteiger partial charge is 0.115 e. The lowest BCUT2D eigenvalue weighted by atomic mass is 9.85. The highest BCUT2D eigenvalue weighted by Gasteiger charge is 2.32. The van der Waals surface area contributed by atoms with Gasteiger partial charge in [-0.2, -0.15) is 0 Å². The molecule has 0 bridgehead atoms. The molecular formula is C18H18O. The third-order valence-corrected chi connectivity index (χ3v) is 3.60. The van der Waals surface area contributed by atoms with Crippen LogP contribution in [-0.2, 0) is 16.8 Å². The van der Waals surface area contributed by atoms with E-state index in [1.165, 1.54) is 11.1 Å². The van der Waals surface area contributed by atoms with Crippen LogP contribution in [0.25, 0.3) is 0 Å². The Labute approximate surface area is 114 Å². The van der Waals surface area contributed by atoms with Crippen molar-refractivity contribution in [3.8, 4) is 0 Å². The fourth-order valence-electron chi connectivity index (χ4n) is 2.64. The van der Waals surface area contributed by atoms with E-state index >= 15 is 0 Å². The molecule has 0 aromatic heterocycles. The van der Waals surface area contributed by atoms with E-state index in [0.29, 0.717) is 0 Å². The van der Waals surface area contributed by atoms with Crippen LogP contribution < -0.4 is 0 Å². The van der Waals surface area contributed by atoms with Gasteiger partial charge in [-0.1, -0.05) is 72.8 Å². The fraction of sp³-hybridized carbons (Fsp3) is 0.222. The Morgan fingerprint density at radius 3 is 2.21 bits per heavy atom. The van der Waals surface area contributed by atoms with Gasteiger partial charge in [0.05, 0.1) is 6.61 Å². The van der Waals surface area contributed by atoms with E-state index in [1.54, 1.807) is 0 Å². The summed E-state index contributed by atoms with van der Waals surface area (Å²) in [4.78, 5) is 0. The van der Waals surface area contributed by atoms with E-state index in [2.05, 4.69) is 66.7 Å². The molecule has 2 aromatic carbocycles. The van der Waals surface area contributed by atoms with Crippen molar-refractivity contribution in [1.29, 1.82) is 0 Å². The molecule has 0 radical (unpaired) electrons. The molecule has 2 aromatic rings. The van der Waals surface area contributed by atoms with Gasteiger partial charge in [-0.05, 0) is 17.5 Å². The highest BCUT2D eigenvalue weighted by atomic mass is 16.5. The maximum Gasteiger partial charge on any atom is 0.115 e. The molecule has 1 nitrogen and oxygen atoms in total. The van der Waals surface area contributed by atoms with E-state index in [-0.39, 0.29) is 5.60 Å². The molecule has 3 rings (SSSR count). The van der Waals surface area contributed by atoms with Crippen LogP contribution in [0.2, 0.25) is 0 Å². The molecule has 1 heteroatoms. The maximum atomic E-state index is 6.17. The summed E-state index contributed by atoms with van der Waals surface area (Å²) in [7, 11) is 0. The van der Waals surface area contributed by atoms with Gasteiger partial charge in [-0.3, -0.25) is 0 Å². The Balaban J connectivity index is 1.98. The summed E-state index contributed by atoms with van der Waals surface area (Å²) in [6.45, 7) is 0.790. The van der Waals surface area contributed by atoms with Gasteiger partial charge >= 0.3 is 0 Å². The number of rotatable bonds is 3. The zero-order chi connectivity index (χ0) is 13.0. The van der Waals surface area contributed by atoms with Gasteiger partial charge in [0.25, 0.3) is 0 Å². The topological polar surface area (TPSA) is 9.23 Å². The van der Waals surface area contributed by atoms with E-state index in [0.717, 1.165) is 19.4 Å². The number of benzene rings is 2. The van der Waals surface area contributed by atoms with Crippen LogP contribution in [0.15, 0.2) is 72.8 Å². The average molecular weight is 250 g/mol. The number of hydrogen-bond donors (Lipinski definition) is 0. The molecule has 0 saturated carbocycles. The highest BCUT2D eigenvalue weighted by Crippen LogP contribution is 2.34. The molecule has 1 aliphatic rings. The summed E-state index contributed by atoms with van der Waals surface area (Å²) in [5.74, 6) is 0. The summed E-state index contributed by atoms with van der Waals surface area (Å²) in [5.41, 5.74) is 2.23. The second kappa shape index (κ2) is 5.41. The van der Waals surface area contributed by atoms with Crippen LogP contribution in [0, 0.1) is 0 Å². The first-order chi connectivity index (χ1) is 9.39. The normalized spacial score (nSPS) is 22.3. The Bertz CT molecular complexity index is 544. The molecule has 0 aliphatic carbocycles. The molecule has 1 atom stereocenters. The van der Waals surface area contributed by atoms with Crippen LogP contribution in [0.5, 0.6) is 0 Å². The SMILES string of the molecule is C1=CC(Cc2ccccc2)(c2ccccc2)OCC1. The van der Waals surface area contributed by atoms with Crippen LogP contribution in [0.3, 0.4) is 0 Å². The van der Waals surface area contributed by atoms with E-state index < -0.39 is 0 Å². The van der Waals surface area contributed by atoms with E-state index in [1.807, 2.05) is 6.07 Å². The highest BCUT2D eigenvalue weighted by molar-refractivity contribution is 5.32. The number of ether oxygens (including phenoxy) is 1. The van der Waals surface area contributed by atoms with Gasteiger partial charge < -0.3 is 4.74 Å². The molecule has 0 saturated heterocycles. The van der Waals surface area contributed by atoms with Crippen molar-refractivity contribution in [2.45, 2.75) is 18.4 Å². The lowest BCUT2D eigenvalue weighted by molar-refractivity contribution is -0.0180. The van der Waals surface area contributed by atoms with Crippen LogP contribution >= 0.6 is 0 Å². The van der Waals surface area contributed by atoms with E-state index in [4.69, 9.17) is 4.74 Å². The molecule has 1 unspecified atom stereocenters. The van der Waals surface area contributed by atoms with Crippen LogP contribution in [-0.4, -0.2) is 6.61 Å². The summed E-state index contributed by atoms with van der Waals surface area (Å²) >= 11 is 0. The van der Waals surface area contributed by atoms with Crippen molar-refractivity contribution in [3.63, 3.8) is 0 Å². The van der Waals surface area contributed by atoms with Gasteiger partial charge in [0.2, 0.25) is 0 Å². The predicted octanol–water partition coefficient (Wildman–Crippen LogP) is 4.10. The minimum Gasteiger partial charge on any atom is -0.366 e. The zero-order valence-electron chi connectivity index (χ0n) is 11.0. The molecule has 1 aliphatic heterocycles. The lowest BCUT2D eigenvalue weighted by Crippen LogP contribution is -2.32. The molecular weight excluding hydrogens is 232 g/mol.